The predicted octanol–water partition coefficient (Wildman–Crippen LogP) is 4.77. The molecule has 0 atom stereocenters. The maximum atomic E-state index is 12.8. The fourth-order valence-corrected chi connectivity index (χ4v) is 4.12. The second-order valence-corrected chi connectivity index (χ2v) is 8.08. The van der Waals surface area contributed by atoms with Crippen molar-refractivity contribution >= 4 is 17.6 Å². The van der Waals surface area contributed by atoms with Gasteiger partial charge in [0.2, 0.25) is 5.91 Å². The molecule has 33 heavy (non-hydrogen) atoms. The first-order valence-corrected chi connectivity index (χ1v) is 11.2. The normalized spacial score (nSPS) is 14.2. The molecule has 0 bridgehead atoms. The number of amides is 1. The smallest absolute Gasteiger partial charge is 0.302 e. The number of nitrogens with zero attached hydrogens (tertiary/aromatic N) is 3. The number of nitrogens with one attached hydrogen (secondary N) is 1. The SMILES string of the molecule is O=C(CN1CCN(c2ccccc2)CC1)Nc1nc(-c2ccccc2)c(-c2ccccc2)o1. The van der Waals surface area contributed by atoms with E-state index in [2.05, 4.69) is 44.4 Å². The largest absolute Gasteiger partial charge is 0.423 e. The van der Waals surface area contributed by atoms with E-state index >= 15 is 0 Å². The third kappa shape index (κ3) is 4.96. The van der Waals surface area contributed by atoms with E-state index in [1.54, 1.807) is 0 Å². The van der Waals surface area contributed by atoms with Crippen LogP contribution in [0.25, 0.3) is 22.6 Å². The van der Waals surface area contributed by atoms with E-state index in [1.807, 2.05) is 66.7 Å². The van der Waals surface area contributed by atoms with E-state index in [9.17, 15) is 4.79 Å². The quantitative estimate of drug-likeness (QED) is 0.470. The van der Waals surface area contributed by atoms with Crippen molar-refractivity contribution in [3.8, 4) is 22.6 Å². The standard InChI is InChI=1S/C27H26N4O2/c32-24(20-30-16-18-31(19-17-30)23-14-8-3-9-15-23)28-27-29-25(21-10-4-1-5-11-21)26(33-27)22-12-6-2-7-13-22/h1-15H,16-20H2,(H,28,29,32). The van der Waals surface area contributed by atoms with Gasteiger partial charge in [0.05, 0.1) is 6.54 Å². The van der Waals surface area contributed by atoms with Crippen molar-refractivity contribution in [3.05, 3.63) is 91.0 Å². The summed E-state index contributed by atoms with van der Waals surface area (Å²) in [6, 6.07) is 30.3. The number of aromatic nitrogens is 1. The zero-order chi connectivity index (χ0) is 22.5. The van der Waals surface area contributed by atoms with Gasteiger partial charge in [-0.05, 0) is 12.1 Å². The highest BCUT2D eigenvalue weighted by Crippen LogP contribution is 2.34. The summed E-state index contributed by atoms with van der Waals surface area (Å²) in [5.41, 5.74) is 3.80. The molecule has 0 radical (unpaired) electrons. The number of anilines is 2. The third-order valence-electron chi connectivity index (χ3n) is 5.82. The zero-order valence-electron chi connectivity index (χ0n) is 18.4. The highest BCUT2D eigenvalue weighted by molar-refractivity contribution is 5.91. The lowest BCUT2D eigenvalue weighted by atomic mass is 10.1. The van der Waals surface area contributed by atoms with Crippen molar-refractivity contribution in [2.24, 2.45) is 0 Å². The Balaban J connectivity index is 1.26. The van der Waals surface area contributed by atoms with Gasteiger partial charge in [0.1, 0.15) is 5.69 Å². The van der Waals surface area contributed by atoms with Gasteiger partial charge in [-0.15, -0.1) is 0 Å². The Kier molecular flexibility index (Phi) is 6.17. The first-order chi connectivity index (χ1) is 16.3. The topological polar surface area (TPSA) is 61.6 Å². The average molecular weight is 439 g/mol. The lowest BCUT2D eigenvalue weighted by Gasteiger charge is -2.35. The first-order valence-electron chi connectivity index (χ1n) is 11.2. The van der Waals surface area contributed by atoms with Gasteiger partial charge in [-0.1, -0.05) is 78.9 Å². The minimum Gasteiger partial charge on any atom is -0.423 e. The number of hydrogen-bond donors (Lipinski definition) is 1. The van der Waals surface area contributed by atoms with Crippen LogP contribution in [0.1, 0.15) is 0 Å². The molecule has 0 spiro atoms. The number of carbonyl (C=O) groups is 1. The lowest BCUT2D eigenvalue weighted by Crippen LogP contribution is -2.48. The molecule has 1 amide bonds. The number of benzene rings is 3. The van der Waals surface area contributed by atoms with Crippen LogP contribution in [0.2, 0.25) is 0 Å². The van der Waals surface area contributed by atoms with Crippen LogP contribution in [0, 0.1) is 0 Å². The zero-order valence-corrected chi connectivity index (χ0v) is 18.4. The molecule has 4 aromatic rings. The maximum absolute atomic E-state index is 12.8. The van der Waals surface area contributed by atoms with Gasteiger partial charge < -0.3 is 9.32 Å². The van der Waals surface area contributed by atoms with E-state index in [1.165, 1.54) is 5.69 Å². The summed E-state index contributed by atoms with van der Waals surface area (Å²) in [7, 11) is 0. The van der Waals surface area contributed by atoms with Crippen LogP contribution in [0.4, 0.5) is 11.7 Å². The summed E-state index contributed by atoms with van der Waals surface area (Å²) in [5.74, 6) is 0.525. The van der Waals surface area contributed by atoms with Crippen molar-refractivity contribution in [2.75, 3.05) is 42.9 Å². The van der Waals surface area contributed by atoms with Crippen molar-refractivity contribution in [3.63, 3.8) is 0 Å². The molecule has 166 valence electrons. The van der Waals surface area contributed by atoms with E-state index in [0.29, 0.717) is 18.0 Å². The van der Waals surface area contributed by atoms with Gasteiger partial charge in [0.15, 0.2) is 5.76 Å². The molecule has 6 heteroatoms. The Bertz CT molecular complexity index is 1130. The van der Waals surface area contributed by atoms with Crippen LogP contribution in [-0.2, 0) is 4.79 Å². The number of piperazine rings is 1. The summed E-state index contributed by atoms with van der Waals surface area (Å²) >= 11 is 0. The molecular weight excluding hydrogens is 412 g/mol. The van der Waals surface area contributed by atoms with Crippen LogP contribution in [0.3, 0.4) is 0 Å². The second kappa shape index (κ2) is 9.71. The molecule has 5 rings (SSSR count). The third-order valence-corrected chi connectivity index (χ3v) is 5.82. The molecule has 1 aliphatic heterocycles. The van der Waals surface area contributed by atoms with Crippen LogP contribution in [0.5, 0.6) is 0 Å². The van der Waals surface area contributed by atoms with Crippen molar-refractivity contribution < 1.29 is 9.21 Å². The Labute approximate surface area is 193 Å². The van der Waals surface area contributed by atoms with Crippen molar-refractivity contribution in [1.29, 1.82) is 0 Å². The number of rotatable bonds is 6. The van der Waals surface area contributed by atoms with Gasteiger partial charge >= 0.3 is 6.01 Å². The summed E-state index contributed by atoms with van der Waals surface area (Å²) in [5, 5.41) is 2.86. The minimum absolute atomic E-state index is 0.122. The first kappa shape index (κ1) is 21.0. The van der Waals surface area contributed by atoms with E-state index in [-0.39, 0.29) is 11.9 Å². The van der Waals surface area contributed by atoms with Gasteiger partial charge in [0.25, 0.3) is 0 Å². The number of oxazole rings is 1. The van der Waals surface area contributed by atoms with Crippen molar-refractivity contribution in [2.45, 2.75) is 0 Å². The maximum Gasteiger partial charge on any atom is 0.302 e. The minimum atomic E-state index is -0.122. The average Bonchev–Trinajstić information content (AvgIpc) is 3.30. The molecule has 0 aliphatic carbocycles. The van der Waals surface area contributed by atoms with Crippen LogP contribution in [0.15, 0.2) is 95.4 Å². The highest BCUT2D eigenvalue weighted by Gasteiger charge is 2.22. The molecule has 1 aliphatic rings. The second-order valence-electron chi connectivity index (χ2n) is 8.08. The molecule has 2 heterocycles. The monoisotopic (exact) mass is 438 g/mol. The molecule has 1 N–H and O–H groups in total. The van der Waals surface area contributed by atoms with Crippen LogP contribution < -0.4 is 10.2 Å². The van der Waals surface area contributed by atoms with Gasteiger partial charge in [-0.25, -0.2) is 0 Å². The lowest BCUT2D eigenvalue weighted by molar-refractivity contribution is -0.117. The van der Waals surface area contributed by atoms with Crippen LogP contribution in [-0.4, -0.2) is 48.5 Å². The van der Waals surface area contributed by atoms with E-state index in [0.717, 1.165) is 37.3 Å². The Morgan fingerprint density at radius 3 is 2.00 bits per heavy atom. The number of carbonyl (C=O) groups excluding carboxylic acids is 1. The summed E-state index contributed by atoms with van der Waals surface area (Å²) in [6.45, 7) is 3.77. The number of para-hydroxylation sites is 1. The molecule has 0 saturated carbocycles. The summed E-state index contributed by atoms with van der Waals surface area (Å²) < 4.78 is 6.02. The summed E-state index contributed by atoms with van der Waals surface area (Å²) in [6.07, 6.45) is 0. The Morgan fingerprint density at radius 1 is 0.788 bits per heavy atom. The molecule has 6 nitrogen and oxygen atoms in total. The Hall–Kier alpha value is -3.90. The van der Waals surface area contributed by atoms with Gasteiger partial charge in [-0.2, -0.15) is 4.98 Å². The molecular formula is C27H26N4O2. The van der Waals surface area contributed by atoms with E-state index in [4.69, 9.17) is 4.42 Å². The predicted molar refractivity (Wildman–Crippen MR) is 131 cm³/mol. The highest BCUT2D eigenvalue weighted by atomic mass is 16.4. The molecule has 1 aromatic heterocycles. The molecule has 1 fully saturated rings. The van der Waals surface area contributed by atoms with Crippen molar-refractivity contribution in [1.82, 2.24) is 9.88 Å². The van der Waals surface area contributed by atoms with Gasteiger partial charge in [-0.3, -0.25) is 15.0 Å². The van der Waals surface area contributed by atoms with E-state index < -0.39 is 0 Å². The molecule has 1 saturated heterocycles. The molecule has 3 aromatic carbocycles. The Morgan fingerprint density at radius 2 is 1.36 bits per heavy atom. The fourth-order valence-electron chi connectivity index (χ4n) is 4.12. The summed E-state index contributed by atoms with van der Waals surface area (Å²) in [4.78, 5) is 21.9. The number of hydrogen-bond acceptors (Lipinski definition) is 5. The molecule has 0 unspecified atom stereocenters. The van der Waals surface area contributed by atoms with Gasteiger partial charge in [0, 0.05) is 43.0 Å². The van der Waals surface area contributed by atoms with Crippen LogP contribution >= 0.6 is 0 Å². The fraction of sp³-hybridized carbons (Fsp3) is 0.185.